The van der Waals surface area contributed by atoms with E-state index in [-0.39, 0.29) is 0 Å². The number of rotatable bonds is 3. The second-order valence-electron chi connectivity index (χ2n) is 6.27. The highest BCUT2D eigenvalue weighted by Gasteiger charge is 2.48. The maximum absolute atomic E-state index is 11.4. The first-order valence-corrected chi connectivity index (χ1v) is 7.99. The van der Waals surface area contributed by atoms with E-state index >= 15 is 0 Å². The Balaban J connectivity index is 2.03. The molecule has 1 atom stereocenters. The van der Waals surface area contributed by atoms with Gasteiger partial charge in [-0.2, -0.15) is 5.10 Å². The molecule has 1 heterocycles. The molecule has 0 radical (unpaired) electrons. The molecule has 0 saturated carbocycles. The van der Waals surface area contributed by atoms with E-state index in [0.29, 0.717) is 16.6 Å². The van der Waals surface area contributed by atoms with Crippen LogP contribution in [-0.2, 0) is 6.54 Å². The third kappa shape index (κ3) is 2.94. The summed E-state index contributed by atoms with van der Waals surface area (Å²) in [7, 11) is 0. The monoisotopic (exact) mass is 349 g/mol. The minimum absolute atomic E-state index is 0.310. The molecule has 4 nitrogen and oxygen atoms in total. The molecular weight excluding hydrogens is 333 g/mol. The van der Waals surface area contributed by atoms with Gasteiger partial charge in [0.15, 0.2) is 0 Å². The minimum Gasteiger partial charge on any atom is -0.382 e. The van der Waals surface area contributed by atoms with Crippen molar-refractivity contribution in [3.8, 4) is 0 Å². The van der Waals surface area contributed by atoms with Gasteiger partial charge in [-0.1, -0.05) is 55.3 Å². The van der Waals surface area contributed by atoms with Crippen LogP contribution in [0.5, 0.6) is 0 Å². The lowest BCUT2D eigenvalue weighted by Gasteiger charge is -2.37. The number of hydrogen-bond donors (Lipinski definition) is 1. The molecule has 1 N–H and O–H groups in total. The summed E-state index contributed by atoms with van der Waals surface area (Å²) in [5.41, 5.74) is 0.0422. The molecule has 0 bridgehead atoms. The maximum atomic E-state index is 11.4. The van der Waals surface area contributed by atoms with Crippen molar-refractivity contribution in [3.05, 3.63) is 64.2 Å². The Labute approximate surface area is 145 Å². The highest BCUT2D eigenvalue weighted by atomic mass is 35.5. The number of hydrogen-bond acceptors (Lipinski definition) is 3. The summed E-state index contributed by atoms with van der Waals surface area (Å²) in [5.74, 6) is 0. The quantitative estimate of drug-likeness (QED) is 0.911. The molecular formula is C17H17Cl2N3O. The van der Waals surface area contributed by atoms with Crippen molar-refractivity contribution < 1.29 is 5.11 Å². The van der Waals surface area contributed by atoms with Crippen molar-refractivity contribution in [2.75, 3.05) is 0 Å². The fraction of sp³-hybridized carbons (Fsp3) is 0.294. The molecule has 0 spiro atoms. The van der Waals surface area contributed by atoms with Gasteiger partial charge in [-0.3, -0.25) is 0 Å². The molecule has 23 heavy (non-hydrogen) atoms. The largest absolute Gasteiger partial charge is 0.382 e. The number of aromatic nitrogens is 3. The smallest absolute Gasteiger partial charge is 0.137 e. The summed E-state index contributed by atoms with van der Waals surface area (Å²) in [4.78, 5) is 3.94. The molecule has 6 heteroatoms. The SMILES string of the molecule is CC1(C)C=C/C(=C/c2ccc(Cl)cc2Cl)C1(O)Cn1cncn1. The highest BCUT2D eigenvalue weighted by molar-refractivity contribution is 6.35. The van der Waals surface area contributed by atoms with Gasteiger partial charge in [-0.15, -0.1) is 0 Å². The van der Waals surface area contributed by atoms with Gasteiger partial charge in [0.25, 0.3) is 0 Å². The maximum Gasteiger partial charge on any atom is 0.137 e. The molecule has 2 aromatic rings. The Morgan fingerprint density at radius 2 is 2.09 bits per heavy atom. The van der Waals surface area contributed by atoms with Crippen LogP contribution < -0.4 is 0 Å². The van der Waals surface area contributed by atoms with E-state index in [9.17, 15) is 5.11 Å². The highest BCUT2D eigenvalue weighted by Crippen LogP contribution is 2.46. The van der Waals surface area contributed by atoms with Gasteiger partial charge in [0.2, 0.25) is 0 Å². The van der Waals surface area contributed by atoms with Crippen LogP contribution in [0.2, 0.25) is 10.0 Å². The summed E-state index contributed by atoms with van der Waals surface area (Å²) < 4.78 is 1.63. The van der Waals surface area contributed by atoms with Gasteiger partial charge in [0.05, 0.1) is 6.54 Å². The van der Waals surface area contributed by atoms with Crippen molar-refractivity contribution in [1.29, 1.82) is 0 Å². The topological polar surface area (TPSA) is 50.9 Å². The van der Waals surface area contributed by atoms with Gasteiger partial charge >= 0.3 is 0 Å². The minimum atomic E-state index is -1.11. The lowest BCUT2D eigenvalue weighted by Crippen LogP contribution is -2.45. The number of benzene rings is 1. The molecule has 1 aromatic heterocycles. The molecule has 1 aliphatic carbocycles. The van der Waals surface area contributed by atoms with Gasteiger partial charge in [0.1, 0.15) is 18.3 Å². The lowest BCUT2D eigenvalue weighted by atomic mass is 9.75. The summed E-state index contributed by atoms with van der Waals surface area (Å²) in [6, 6.07) is 5.31. The zero-order valence-electron chi connectivity index (χ0n) is 12.9. The Hall–Kier alpha value is -1.62. The first-order chi connectivity index (χ1) is 10.8. The van der Waals surface area contributed by atoms with E-state index < -0.39 is 11.0 Å². The van der Waals surface area contributed by atoms with Crippen LogP contribution in [-0.4, -0.2) is 25.5 Å². The zero-order chi connectivity index (χ0) is 16.7. The number of halogens is 2. The first kappa shape index (κ1) is 16.2. The number of aliphatic hydroxyl groups is 1. The molecule has 1 aliphatic rings. The zero-order valence-corrected chi connectivity index (χ0v) is 14.4. The van der Waals surface area contributed by atoms with E-state index in [0.717, 1.165) is 11.1 Å². The second kappa shape index (κ2) is 5.78. The summed E-state index contributed by atoms with van der Waals surface area (Å²) in [5, 5.41) is 16.6. The second-order valence-corrected chi connectivity index (χ2v) is 7.12. The van der Waals surface area contributed by atoms with Crippen LogP contribution in [0.4, 0.5) is 0 Å². The summed E-state index contributed by atoms with van der Waals surface area (Å²) in [6.45, 7) is 4.29. The first-order valence-electron chi connectivity index (χ1n) is 7.23. The molecule has 1 unspecified atom stereocenters. The van der Waals surface area contributed by atoms with Crippen molar-refractivity contribution in [3.63, 3.8) is 0 Å². The third-order valence-corrected chi connectivity index (χ3v) is 4.92. The number of nitrogens with zero attached hydrogens (tertiary/aromatic N) is 3. The van der Waals surface area contributed by atoms with Gasteiger partial charge in [-0.25, -0.2) is 9.67 Å². The fourth-order valence-corrected chi connectivity index (χ4v) is 3.21. The van der Waals surface area contributed by atoms with Crippen molar-refractivity contribution in [2.45, 2.75) is 26.0 Å². The fourth-order valence-electron chi connectivity index (χ4n) is 2.74. The lowest BCUT2D eigenvalue weighted by molar-refractivity contribution is -0.0142. The Morgan fingerprint density at radius 1 is 1.30 bits per heavy atom. The average molecular weight is 350 g/mol. The van der Waals surface area contributed by atoms with E-state index in [1.54, 1.807) is 23.1 Å². The van der Waals surface area contributed by atoms with E-state index in [4.69, 9.17) is 23.2 Å². The van der Waals surface area contributed by atoms with Crippen LogP contribution in [0.3, 0.4) is 0 Å². The van der Waals surface area contributed by atoms with Crippen LogP contribution in [0.25, 0.3) is 6.08 Å². The van der Waals surface area contributed by atoms with Crippen molar-refractivity contribution >= 4 is 29.3 Å². The Morgan fingerprint density at radius 3 is 2.74 bits per heavy atom. The summed E-state index contributed by atoms with van der Waals surface area (Å²) in [6.07, 6.45) is 8.87. The van der Waals surface area contributed by atoms with Gasteiger partial charge < -0.3 is 5.11 Å². The standard InChI is InChI=1S/C17H17Cl2N3O/c1-16(2)6-5-13(7-12-3-4-14(18)8-15(12)19)17(16,23)9-22-11-20-10-21-22/h3-8,10-11,23H,9H2,1-2H3/b13-7-. The third-order valence-electron chi connectivity index (χ3n) is 4.35. The Bertz CT molecular complexity index is 781. The van der Waals surface area contributed by atoms with Gasteiger partial charge in [-0.05, 0) is 29.3 Å². The van der Waals surface area contributed by atoms with Crippen LogP contribution >= 0.6 is 23.2 Å². The molecule has 0 amide bonds. The van der Waals surface area contributed by atoms with Crippen molar-refractivity contribution in [2.24, 2.45) is 5.41 Å². The molecule has 3 rings (SSSR count). The predicted molar refractivity (Wildman–Crippen MR) is 92.3 cm³/mol. The molecule has 0 aliphatic heterocycles. The molecule has 0 saturated heterocycles. The van der Waals surface area contributed by atoms with Crippen LogP contribution in [0.15, 0.2) is 48.6 Å². The average Bonchev–Trinajstić information content (AvgIpc) is 3.04. The van der Waals surface area contributed by atoms with Crippen molar-refractivity contribution in [1.82, 2.24) is 14.8 Å². The normalized spacial score (nSPS) is 24.5. The van der Waals surface area contributed by atoms with E-state index in [2.05, 4.69) is 10.1 Å². The predicted octanol–water partition coefficient (Wildman–Crippen LogP) is 4.00. The molecule has 0 fully saturated rings. The Kier molecular flexibility index (Phi) is 4.08. The molecule has 1 aromatic carbocycles. The van der Waals surface area contributed by atoms with E-state index in [1.807, 2.05) is 38.1 Å². The molecule has 120 valence electrons. The summed E-state index contributed by atoms with van der Waals surface area (Å²) >= 11 is 12.2. The van der Waals surface area contributed by atoms with Crippen LogP contribution in [0, 0.1) is 5.41 Å². The van der Waals surface area contributed by atoms with Gasteiger partial charge in [0, 0.05) is 15.5 Å². The van der Waals surface area contributed by atoms with Crippen LogP contribution in [0.1, 0.15) is 19.4 Å². The van der Waals surface area contributed by atoms with E-state index in [1.165, 1.54) is 6.33 Å².